The van der Waals surface area contributed by atoms with Crippen molar-refractivity contribution < 1.29 is 23.4 Å². The lowest BCUT2D eigenvalue weighted by Crippen LogP contribution is -2.47. The molecule has 1 amide bonds. The Balaban J connectivity index is 1.36. The maximum absolute atomic E-state index is 15.3. The number of carbonyl (C=O) groups is 1. The average molecular weight is 560 g/mol. The second-order valence-electron chi connectivity index (χ2n) is 10.9. The summed E-state index contributed by atoms with van der Waals surface area (Å²) in [5, 5.41) is 8.64. The number of carbonyl (C=O) groups excluding carboxylic acids is 1. The summed E-state index contributed by atoms with van der Waals surface area (Å²) in [4.78, 5) is 24.9. The number of halogens is 1. The van der Waals surface area contributed by atoms with E-state index in [0.29, 0.717) is 67.8 Å². The molecule has 1 fully saturated rings. The molecular formula is C29H30FN7O4. The molecule has 0 saturated carbocycles. The Morgan fingerprint density at radius 3 is 2.85 bits per heavy atom. The number of fused-ring (bicyclic) bond motifs is 4. The Morgan fingerprint density at radius 2 is 2.02 bits per heavy atom. The van der Waals surface area contributed by atoms with Crippen LogP contribution in [0.15, 0.2) is 30.6 Å². The van der Waals surface area contributed by atoms with Crippen LogP contribution in [0, 0.1) is 24.6 Å². The number of hydrogen-bond acceptors (Lipinski definition) is 9. The summed E-state index contributed by atoms with van der Waals surface area (Å²) in [6, 6.07) is 5.76. The molecule has 0 radical (unpaired) electrons. The van der Waals surface area contributed by atoms with Crippen molar-refractivity contribution in [3.63, 3.8) is 0 Å². The van der Waals surface area contributed by atoms with Crippen LogP contribution in [-0.2, 0) is 20.8 Å². The number of aromatic nitrogens is 5. The number of hydrogen-bond donors (Lipinski definition) is 0. The molecule has 2 aliphatic heterocycles. The van der Waals surface area contributed by atoms with Gasteiger partial charge in [0, 0.05) is 29.9 Å². The highest BCUT2D eigenvalue weighted by Gasteiger charge is 2.28. The van der Waals surface area contributed by atoms with Crippen LogP contribution < -0.4 is 4.90 Å². The zero-order chi connectivity index (χ0) is 28.7. The number of rotatable bonds is 1. The van der Waals surface area contributed by atoms with E-state index in [4.69, 9.17) is 19.2 Å². The highest BCUT2D eigenvalue weighted by Crippen LogP contribution is 2.36. The van der Waals surface area contributed by atoms with Crippen LogP contribution in [0.4, 0.5) is 20.7 Å². The molecule has 6 rings (SSSR count). The molecule has 1 unspecified atom stereocenters. The van der Waals surface area contributed by atoms with Crippen molar-refractivity contribution in [1.82, 2.24) is 29.5 Å². The molecule has 212 valence electrons. The monoisotopic (exact) mass is 559 g/mol. The van der Waals surface area contributed by atoms with Crippen LogP contribution in [0.1, 0.15) is 37.7 Å². The maximum Gasteiger partial charge on any atom is 0.410 e. The lowest BCUT2D eigenvalue weighted by Gasteiger charge is -2.32. The minimum Gasteiger partial charge on any atom is -0.444 e. The van der Waals surface area contributed by atoms with Gasteiger partial charge in [0.25, 0.3) is 5.78 Å². The van der Waals surface area contributed by atoms with Gasteiger partial charge in [-0.2, -0.15) is 4.98 Å². The van der Waals surface area contributed by atoms with Crippen molar-refractivity contribution in [3.05, 3.63) is 53.4 Å². The third-order valence-corrected chi connectivity index (χ3v) is 6.85. The normalized spacial score (nSPS) is 17.6. The summed E-state index contributed by atoms with van der Waals surface area (Å²) in [6.45, 7) is 9.57. The van der Waals surface area contributed by atoms with Crippen molar-refractivity contribution in [3.8, 4) is 11.8 Å². The van der Waals surface area contributed by atoms with Crippen LogP contribution in [0.5, 0.6) is 0 Å². The Hall–Kier alpha value is -4.34. The smallest absolute Gasteiger partial charge is 0.410 e. The molecule has 1 saturated heterocycles. The average Bonchev–Trinajstić information content (AvgIpc) is 3.17. The van der Waals surface area contributed by atoms with E-state index in [9.17, 15) is 4.79 Å². The summed E-state index contributed by atoms with van der Waals surface area (Å²) in [6.07, 6.45) is 1.92. The number of ether oxygens (including phenoxy) is 3. The first kappa shape index (κ1) is 26.9. The van der Waals surface area contributed by atoms with E-state index >= 15 is 4.39 Å². The Labute approximate surface area is 236 Å². The summed E-state index contributed by atoms with van der Waals surface area (Å²) in [5.41, 5.74) is 2.35. The fraction of sp³-hybridized carbons (Fsp3) is 0.414. The standard InChI is InChI=1S/C29H30FN7O4/c1-18-33-34-27-32-26(25-22(30)14-31-15-24(25)37(18)27)36-11-12-39-17-21-19(6-5-7-23(21)36)8-9-20-16-35(10-13-40-20)28(38)41-29(2,3)4/h5-7,14-15,20H,10-13,16-17H2,1-4H3. The third-order valence-electron chi connectivity index (χ3n) is 6.85. The lowest BCUT2D eigenvalue weighted by molar-refractivity contribution is -0.0236. The van der Waals surface area contributed by atoms with Crippen molar-refractivity contribution >= 4 is 34.3 Å². The van der Waals surface area contributed by atoms with Gasteiger partial charge in [0.1, 0.15) is 23.3 Å². The largest absolute Gasteiger partial charge is 0.444 e. The topological polar surface area (TPSA) is 107 Å². The quantitative estimate of drug-likeness (QED) is 0.322. The predicted octanol–water partition coefficient (Wildman–Crippen LogP) is 3.78. The van der Waals surface area contributed by atoms with Gasteiger partial charge in [0.15, 0.2) is 5.82 Å². The third kappa shape index (κ3) is 5.26. The van der Waals surface area contributed by atoms with Crippen molar-refractivity contribution in [2.24, 2.45) is 0 Å². The van der Waals surface area contributed by atoms with Gasteiger partial charge in [-0.15, -0.1) is 10.2 Å². The molecule has 1 atom stereocenters. The molecule has 5 heterocycles. The lowest BCUT2D eigenvalue weighted by atomic mass is 10.0. The number of morpholine rings is 1. The fourth-order valence-corrected chi connectivity index (χ4v) is 5.02. The van der Waals surface area contributed by atoms with Gasteiger partial charge in [-0.05, 0) is 39.8 Å². The van der Waals surface area contributed by atoms with Gasteiger partial charge in [0.2, 0.25) is 0 Å². The first-order valence-corrected chi connectivity index (χ1v) is 13.4. The minimum atomic E-state index is -0.582. The summed E-state index contributed by atoms with van der Waals surface area (Å²) < 4.78 is 34.3. The van der Waals surface area contributed by atoms with E-state index < -0.39 is 17.5 Å². The Bertz CT molecular complexity index is 1700. The highest BCUT2D eigenvalue weighted by atomic mass is 19.1. The highest BCUT2D eigenvalue weighted by molar-refractivity contribution is 5.94. The molecule has 3 aromatic heterocycles. The molecule has 0 aliphatic carbocycles. The zero-order valence-corrected chi connectivity index (χ0v) is 23.3. The van der Waals surface area contributed by atoms with E-state index in [2.05, 4.69) is 27.0 Å². The second-order valence-corrected chi connectivity index (χ2v) is 10.9. The molecule has 0 bridgehead atoms. The van der Waals surface area contributed by atoms with Crippen molar-refractivity contribution in [2.75, 3.05) is 37.7 Å². The van der Waals surface area contributed by atoms with Gasteiger partial charge in [-0.1, -0.05) is 17.9 Å². The van der Waals surface area contributed by atoms with Gasteiger partial charge in [0.05, 0.1) is 49.7 Å². The second kappa shape index (κ2) is 10.6. The molecular weight excluding hydrogens is 529 g/mol. The number of benzene rings is 1. The summed E-state index contributed by atoms with van der Waals surface area (Å²) >= 11 is 0. The molecule has 1 aromatic carbocycles. The van der Waals surface area contributed by atoms with Crippen molar-refractivity contribution in [1.29, 1.82) is 0 Å². The molecule has 2 aliphatic rings. The van der Waals surface area contributed by atoms with Crippen LogP contribution in [0.25, 0.3) is 16.7 Å². The Kier molecular flexibility index (Phi) is 6.93. The number of amides is 1. The van der Waals surface area contributed by atoms with Crippen LogP contribution in [-0.4, -0.2) is 80.1 Å². The molecule has 0 N–H and O–H groups in total. The predicted molar refractivity (Wildman–Crippen MR) is 148 cm³/mol. The zero-order valence-electron chi connectivity index (χ0n) is 23.3. The van der Waals surface area contributed by atoms with Crippen LogP contribution >= 0.6 is 0 Å². The summed E-state index contributed by atoms with van der Waals surface area (Å²) in [5.74, 6) is 7.26. The number of aryl methyl sites for hydroxylation is 1. The molecule has 12 heteroatoms. The van der Waals surface area contributed by atoms with Crippen LogP contribution in [0.3, 0.4) is 0 Å². The van der Waals surface area contributed by atoms with E-state index in [1.54, 1.807) is 22.4 Å². The van der Waals surface area contributed by atoms with E-state index in [1.165, 1.54) is 6.20 Å². The van der Waals surface area contributed by atoms with E-state index in [0.717, 1.165) is 16.8 Å². The SMILES string of the molecule is Cc1nnc2nc(N3CCOCc4c(C#CC5CN(C(=O)OC(C)(C)C)CCO5)cccc43)c3c(F)cncc3n12. The minimum absolute atomic E-state index is 0.306. The van der Waals surface area contributed by atoms with Gasteiger partial charge in [-0.3, -0.25) is 9.38 Å². The first-order valence-electron chi connectivity index (χ1n) is 13.4. The van der Waals surface area contributed by atoms with E-state index in [1.807, 2.05) is 43.9 Å². The number of anilines is 2. The first-order chi connectivity index (χ1) is 19.7. The van der Waals surface area contributed by atoms with Crippen molar-refractivity contribution in [2.45, 2.75) is 46.0 Å². The molecule has 0 spiro atoms. The number of pyridine rings is 1. The molecule has 4 aromatic rings. The summed E-state index contributed by atoms with van der Waals surface area (Å²) in [7, 11) is 0. The maximum atomic E-state index is 15.3. The van der Waals surface area contributed by atoms with Gasteiger partial charge in [-0.25, -0.2) is 9.18 Å². The number of nitrogens with zero attached hydrogens (tertiary/aromatic N) is 7. The molecule has 11 nitrogen and oxygen atoms in total. The Morgan fingerprint density at radius 1 is 1.17 bits per heavy atom. The van der Waals surface area contributed by atoms with Gasteiger partial charge < -0.3 is 24.0 Å². The fourth-order valence-electron chi connectivity index (χ4n) is 5.02. The molecule has 41 heavy (non-hydrogen) atoms. The van der Waals surface area contributed by atoms with Crippen LogP contribution in [0.2, 0.25) is 0 Å². The van der Waals surface area contributed by atoms with Gasteiger partial charge >= 0.3 is 6.09 Å². The van der Waals surface area contributed by atoms with E-state index in [-0.39, 0.29) is 6.09 Å².